The molecule has 19 heavy (non-hydrogen) atoms. The second-order valence-electron chi connectivity index (χ2n) is 3.73. The zero-order valence-electron chi connectivity index (χ0n) is 11.1. The summed E-state index contributed by atoms with van der Waals surface area (Å²) in [7, 11) is 1.35. The van der Waals surface area contributed by atoms with E-state index < -0.39 is 0 Å². The Bertz CT molecular complexity index is 420. The van der Waals surface area contributed by atoms with Gasteiger partial charge in [0.25, 0.3) is 0 Å². The average Bonchev–Trinajstić information content (AvgIpc) is 2.82. The minimum Gasteiger partial charge on any atom is -0.469 e. The number of rotatable bonds is 8. The molecule has 1 rings (SSSR count). The Morgan fingerprint density at radius 1 is 1.42 bits per heavy atom. The average molecular weight is 286 g/mol. The normalized spacial score (nSPS) is 10.0. The lowest BCUT2D eigenvalue weighted by Gasteiger charge is -2.02. The van der Waals surface area contributed by atoms with Crippen molar-refractivity contribution in [1.82, 2.24) is 4.98 Å². The summed E-state index contributed by atoms with van der Waals surface area (Å²) in [4.78, 5) is 26.4. The molecule has 0 fully saturated rings. The van der Waals surface area contributed by atoms with Crippen molar-refractivity contribution in [1.29, 1.82) is 0 Å². The molecule has 0 radical (unpaired) electrons. The van der Waals surface area contributed by atoms with Gasteiger partial charge in [0.05, 0.1) is 25.8 Å². The quantitative estimate of drug-likeness (QED) is 0.578. The third-order valence-electron chi connectivity index (χ3n) is 2.24. The summed E-state index contributed by atoms with van der Waals surface area (Å²) in [5.74, 6) is -0.492. The van der Waals surface area contributed by atoms with Crippen LogP contribution < -0.4 is 5.32 Å². The first-order chi connectivity index (χ1) is 9.15. The predicted octanol–water partition coefficient (Wildman–Crippen LogP) is 1.61. The maximum absolute atomic E-state index is 11.1. The summed E-state index contributed by atoms with van der Waals surface area (Å²) in [6.45, 7) is 2.84. The largest absolute Gasteiger partial charge is 0.469 e. The molecule has 0 aliphatic heterocycles. The van der Waals surface area contributed by atoms with Gasteiger partial charge in [-0.2, -0.15) is 0 Å². The Morgan fingerprint density at radius 3 is 2.89 bits per heavy atom. The molecule has 7 heteroatoms. The number of hydrogen-bond acceptors (Lipinski definition) is 7. The highest BCUT2D eigenvalue weighted by molar-refractivity contribution is 7.13. The maximum atomic E-state index is 11.1. The number of nitrogens with one attached hydrogen (secondary N) is 1. The van der Waals surface area contributed by atoms with Crippen LogP contribution in [0.3, 0.4) is 0 Å². The van der Waals surface area contributed by atoms with Crippen molar-refractivity contribution in [3.63, 3.8) is 0 Å². The fraction of sp³-hybridized carbons (Fsp3) is 0.583. The number of nitrogens with zero attached hydrogens (tertiary/aromatic N) is 1. The predicted molar refractivity (Wildman–Crippen MR) is 72.2 cm³/mol. The molecule has 0 atom stereocenters. The summed E-state index contributed by atoms with van der Waals surface area (Å²) in [5, 5.41) is 5.65. The minimum absolute atomic E-state index is 0.178. The summed E-state index contributed by atoms with van der Waals surface area (Å²) < 4.78 is 9.39. The maximum Gasteiger partial charge on any atom is 0.311 e. The molecule has 0 aromatic carbocycles. The van der Waals surface area contributed by atoms with Crippen LogP contribution in [0.15, 0.2) is 5.38 Å². The van der Waals surface area contributed by atoms with Gasteiger partial charge < -0.3 is 14.8 Å². The smallest absolute Gasteiger partial charge is 0.311 e. The highest BCUT2D eigenvalue weighted by atomic mass is 32.1. The molecule has 0 aliphatic carbocycles. The molecule has 0 spiro atoms. The van der Waals surface area contributed by atoms with Gasteiger partial charge in [0.2, 0.25) is 0 Å². The molecular weight excluding hydrogens is 268 g/mol. The number of carbonyl (C=O) groups excluding carboxylic acids is 2. The molecule has 1 N–H and O–H groups in total. The number of carbonyl (C=O) groups is 2. The van der Waals surface area contributed by atoms with Crippen molar-refractivity contribution in [2.45, 2.75) is 26.2 Å². The first-order valence-electron chi connectivity index (χ1n) is 6.06. The lowest BCUT2D eigenvalue weighted by Crippen LogP contribution is -2.08. The third kappa shape index (κ3) is 6.19. The molecule has 0 amide bonds. The molecular formula is C12H18N2O4S. The summed E-state index contributed by atoms with van der Waals surface area (Å²) in [6, 6.07) is 0. The van der Waals surface area contributed by atoms with Gasteiger partial charge in [-0.3, -0.25) is 9.59 Å². The van der Waals surface area contributed by atoms with Crippen molar-refractivity contribution in [2.24, 2.45) is 0 Å². The fourth-order valence-corrected chi connectivity index (χ4v) is 2.09. The Balaban J connectivity index is 2.23. The second-order valence-corrected chi connectivity index (χ2v) is 4.59. The molecule has 0 aliphatic rings. The van der Waals surface area contributed by atoms with E-state index in [9.17, 15) is 9.59 Å². The van der Waals surface area contributed by atoms with E-state index in [4.69, 9.17) is 4.74 Å². The van der Waals surface area contributed by atoms with Crippen LogP contribution in [0.2, 0.25) is 0 Å². The van der Waals surface area contributed by atoms with Crippen molar-refractivity contribution in [3.8, 4) is 0 Å². The number of aromatic nitrogens is 1. The van der Waals surface area contributed by atoms with Gasteiger partial charge >= 0.3 is 11.9 Å². The van der Waals surface area contributed by atoms with Gasteiger partial charge in [0, 0.05) is 18.3 Å². The lowest BCUT2D eigenvalue weighted by atomic mass is 10.3. The van der Waals surface area contributed by atoms with Crippen LogP contribution in [-0.2, 0) is 25.5 Å². The molecule has 1 heterocycles. The van der Waals surface area contributed by atoms with E-state index in [-0.39, 0.29) is 18.4 Å². The summed E-state index contributed by atoms with van der Waals surface area (Å²) in [5.41, 5.74) is 0.685. The first-order valence-corrected chi connectivity index (χ1v) is 6.94. The fourth-order valence-electron chi connectivity index (χ4n) is 1.35. The number of ether oxygens (including phenoxy) is 2. The molecule has 1 aromatic rings. The van der Waals surface area contributed by atoms with Gasteiger partial charge in [-0.25, -0.2) is 4.98 Å². The van der Waals surface area contributed by atoms with Gasteiger partial charge in [-0.05, 0) is 13.3 Å². The SMILES string of the molecule is CCOC(=O)CCCNc1nc(CC(=O)OC)cs1. The van der Waals surface area contributed by atoms with E-state index in [1.165, 1.54) is 18.4 Å². The van der Waals surface area contributed by atoms with E-state index in [2.05, 4.69) is 15.0 Å². The van der Waals surface area contributed by atoms with Crippen LogP contribution in [0.4, 0.5) is 5.13 Å². The molecule has 0 unspecified atom stereocenters. The van der Waals surface area contributed by atoms with Crippen LogP contribution in [-0.4, -0.2) is 37.2 Å². The van der Waals surface area contributed by atoms with E-state index in [1.807, 2.05) is 5.38 Å². The molecule has 0 saturated heterocycles. The van der Waals surface area contributed by atoms with E-state index in [0.29, 0.717) is 31.7 Å². The third-order valence-corrected chi connectivity index (χ3v) is 3.09. The van der Waals surface area contributed by atoms with Crippen molar-refractivity contribution >= 4 is 28.4 Å². The molecule has 106 valence electrons. The van der Waals surface area contributed by atoms with Gasteiger partial charge in [-0.1, -0.05) is 0 Å². The summed E-state index contributed by atoms with van der Waals surface area (Å²) in [6.07, 6.45) is 1.25. The van der Waals surface area contributed by atoms with Gasteiger partial charge in [0.1, 0.15) is 0 Å². The number of anilines is 1. The highest BCUT2D eigenvalue weighted by Crippen LogP contribution is 2.16. The van der Waals surface area contributed by atoms with E-state index in [0.717, 1.165) is 5.13 Å². The van der Waals surface area contributed by atoms with E-state index in [1.54, 1.807) is 6.92 Å². The van der Waals surface area contributed by atoms with Crippen LogP contribution in [0.1, 0.15) is 25.5 Å². The Kier molecular flexibility index (Phi) is 6.88. The highest BCUT2D eigenvalue weighted by Gasteiger charge is 2.07. The number of hydrogen-bond donors (Lipinski definition) is 1. The Morgan fingerprint density at radius 2 is 2.21 bits per heavy atom. The molecule has 0 bridgehead atoms. The standard InChI is InChI=1S/C12H18N2O4S/c1-3-18-10(15)5-4-6-13-12-14-9(8-19-12)7-11(16)17-2/h8H,3-7H2,1-2H3,(H,13,14). The zero-order valence-corrected chi connectivity index (χ0v) is 11.9. The van der Waals surface area contributed by atoms with Crippen molar-refractivity contribution in [3.05, 3.63) is 11.1 Å². The van der Waals surface area contributed by atoms with Crippen LogP contribution in [0, 0.1) is 0 Å². The topological polar surface area (TPSA) is 77.5 Å². The molecule has 0 saturated carbocycles. The monoisotopic (exact) mass is 286 g/mol. The van der Waals surface area contributed by atoms with Crippen LogP contribution in [0.5, 0.6) is 0 Å². The number of thiazole rings is 1. The summed E-state index contributed by atoms with van der Waals surface area (Å²) >= 11 is 1.42. The Hall–Kier alpha value is -1.63. The Labute approximate surface area is 116 Å². The molecule has 1 aromatic heterocycles. The zero-order chi connectivity index (χ0) is 14.1. The minimum atomic E-state index is -0.306. The van der Waals surface area contributed by atoms with Crippen LogP contribution >= 0.6 is 11.3 Å². The lowest BCUT2D eigenvalue weighted by molar-refractivity contribution is -0.143. The number of methoxy groups -OCH3 is 1. The van der Waals surface area contributed by atoms with Crippen molar-refractivity contribution in [2.75, 3.05) is 25.6 Å². The van der Waals surface area contributed by atoms with Crippen LogP contribution in [0.25, 0.3) is 0 Å². The van der Waals surface area contributed by atoms with Gasteiger partial charge in [0.15, 0.2) is 5.13 Å². The van der Waals surface area contributed by atoms with E-state index >= 15 is 0 Å². The van der Waals surface area contributed by atoms with Gasteiger partial charge in [-0.15, -0.1) is 11.3 Å². The van der Waals surface area contributed by atoms with Crippen molar-refractivity contribution < 1.29 is 19.1 Å². The number of esters is 2. The molecule has 6 nitrogen and oxygen atoms in total. The first kappa shape index (κ1) is 15.4. The second kappa shape index (κ2) is 8.47.